The molecule has 0 saturated carbocycles. The average Bonchev–Trinajstić information content (AvgIpc) is 2.77. The van der Waals surface area contributed by atoms with Gasteiger partial charge in [0.1, 0.15) is 17.2 Å². The molecule has 0 fully saturated rings. The molecule has 4 N–H and O–H groups in total. The van der Waals surface area contributed by atoms with E-state index in [-0.39, 0.29) is 13.1 Å². The van der Waals surface area contributed by atoms with E-state index in [1.165, 1.54) is 27.4 Å². The Morgan fingerprint density at radius 2 is 1.72 bits per heavy atom. The summed E-state index contributed by atoms with van der Waals surface area (Å²) >= 11 is 5.91. The lowest BCUT2D eigenvalue weighted by atomic mass is 10.0. The van der Waals surface area contributed by atoms with Crippen LogP contribution < -0.4 is 24.8 Å². The highest BCUT2D eigenvalue weighted by molar-refractivity contribution is 6.30. The van der Waals surface area contributed by atoms with Crippen LogP contribution in [0.4, 0.5) is 0 Å². The molecular weight excluding hydrogens is 440 g/mol. The Balaban J connectivity index is 2.08. The van der Waals surface area contributed by atoms with Crippen LogP contribution in [0.25, 0.3) is 0 Å². The summed E-state index contributed by atoms with van der Waals surface area (Å²) in [5.74, 6) is -1.09. The number of ether oxygens (including phenoxy) is 3. The molecule has 174 valence electrons. The van der Waals surface area contributed by atoms with Gasteiger partial charge in [0.05, 0.1) is 39.2 Å². The first-order chi connectivity index (χ1) is 15.3. The summed E-state index contributed by atoms with van der Waals surface area (Å²) in [6.45, 7) is 0.287. The lowest BCUT2D eigenvalue weighted by molar-refractivity contribution is -0.141. The van der Waals surface area contributed by atoms with Gasteiger partial charge < -0.3 is 35.1 Å². The minimum Gasteiger partial charge on any atom is -0.496 e. The smallest absolute Gasteiger partial charge is 0.304 e. The number of carbonyl (C=O) groups excluding carboxylic acids is 1. The molecule has 0 aromatic heterocycles. The summed E-state index contributed by atoms with van der Waals surface area (Å²) in [6.07, 6.45) is -1.74. The van der Waals surface area contributed by atoms with Gasteiger partial charge in [-0.2, -0.15) is 0 Å². The number of aliphatic carboxylic acids is 1. The monoisotopic (exact) mass is 466 g/mol. The van der Waals surface area contributed by atoms with Crippen molar-refractivity contribution in [3.05, 3.63) is 52.5 Å². The standard InChI is InChI=1S/C22H27ClN2O7/c1-30-16-9-18(31-2)17(19(10-16)32-3)12-24-11-14(8-20(26)27)22(29)25-21(28)13-5-4-6-15(23)7-13/h4-7,9-10,14,21,24,28H,8,11-12H2,1-3H3,(H,25,29)(H,26,27)/t14-,21?/m1/s1. The molecule has 0 aliphatic carbocycles. The third-order valence-corrected chi connectivity index (χ3v) is 4.98. The maximum absolute atomic E-state index is 12.6. The van der Waals surface area contributed by atoms with Gasteiger partial charge in [0.15, 0.2) is 6.23 Å². The van der Waals surface area contributed by atoms with E-state index in [0.29, 0.717) is 33.4 Å². The van der Waals surface area contributed by atoms with Crippen molar-refractivity contribution >= 4 is 23.5 Å². The first-order valence-electron chi connectivity index (χ1n) is 9.74. The molecule has 0 aliphatic rings. The van der Waals surface area contributed by atoms with Crippen molar-refractivity contribution in [2.45, 2.75) is 19.2 Å². The molecule has 2 rings (SSSR count). The molecular formula is C22H27ClN2O7. The highest BCUT2D eigenvalue weighted by Gasteiger charge is 2.24. The summed E-state index contributed by atoms with van der Waals surface area (Å²) in [6, 6.07) is 9.78. The lowest BCUT2D eigenvalue weighted by Crippen LogP contribution is -2.39. The molecule has 2 aromatic carbocycles. The van der Waals surface area contributed by atoms with Crippen LogP contribution in [0.3, 0.4) is 0 Å². The van der Waals surface area contributed by atoms with Crippen molar-refractivity contribution in [1.29, 1.82) is 0 Å². The highest BCUT2D eigenvalue weighted by Crippen LogP contribution is 2.33. The van der Waals surface area contributed by atoms with Crippen molar-refractivity contribution in [2.75, 3.05) is 27.9 Å². The van der Waals surface area contributed by atoms with Crippen molar-refractivity contribution in [3.8, 4) is 17.2 Å². The second-order valence-electron chi connectivity index (χ2n) is 6.90. The second-order valence-corrected chi connectivity index (χ2v) is 7.34. The van der Waals surface area contributed by atoms with Gasteiger partial charge >= 0.3 is 5.97 Å². The highest BCUT2D eigenvalue weighted by atomic mass is 35.5. The molecule has 10 heteroatoms. The van der Waals surface area contributed by atoms with Crippen LogP contribution in [0.2, 0.25) is 5.02 Å². The first-order valence-corrected chi connectivity index (χ1v) is 10.1. The van der Waals surface area contributed by atoms with Gasteiger partial charge in [-0.25, -0.2) is 0 Å². The van der Waals surface area contributed by atoms with Crippen LogP contribution in [0, 0.1) is 5.92 Å². The van der Waals surface area contributed by atoms with E-state index in [2.05, 4.69) is 10.6 Å². The van der Waals surface area contributed by atoms with E-state index in [9.17, 15) is 19.8 Å². The summed E-state index contributed by atoms with van der Waals surface area (Å²) in [5, 5.41) is 25.4. The van der Waals surface area contributed by atoms with E-state index >= 15 is 0 Å². The number of hydrogen-bond acceptors (Lipinski definition) is 7. The first kappa shape index (κ1) is 25.3. The van der Waals surface area contributed by atoms with Crippen LogP contribution in [-0.2, 0) is 16.1 Å². The topological polar surface area (TPSA) is 126 Å². The molecule has 9 nitrogen and oxygen atoms in total. The number of rotatable bonds is 12. The Labute approximate surface area is 191 Å². The summed E-state index contributed by atoms with van der Waals surface area (Å²) in [5.41, 5.74) is 1.07. The number of methoxy groups -OCH3 is 3. The minimum atomic E-state index is -1.32. The predicted molar refractivity (Wildman–Crippen MR) is 118 cm³/mol. The third-order valence-electron chi connectivity index (χ3n) is 4.74. The van der Waals surface area contributed by atoms with E-state index in [1.807, 2.05) is 0 Å². The number of halogens is 1. The molecule has 0 spiro atoms. The zero-order valence-corrected chi connectivity index (χ0v) is 18.8. The van der Waals surface area contributed by atoms with Crippen LogP contribution in [0.1, 0.15) is 23.8 Å². The SMILES string of the molecule is COc1cc(OC)c(CNC[C@@H](CC(=O)O)C(=O)NC(O)c2cccc(Cl)c2)c(OC)c1. The number of carbonyl (C=O) groups is 2. The van der Waals surface area contributed by atoms with Crippen LogP contribution in [0.5, 0.6) is 17.2 Å². The number of aliphatic hydroxyl groups excluding tert-OH is 1. The molecule has 0 aliphatic heterocycles. The van der Waals surface area contributed by atoms with E-state index in [1.54, 1.807) is 30.3 Å². The summed E-state index contributed by atoms with van der Waals surface area (Å²) < 4.78 is 16.0. The quantitative estimate of drug-likeness (QED) is 0.351. The molecule has 32 heavy (non-hydrogen) atoms. The fourth-order valence-electron chi connectivity index (χ4n) is 3.10. The Morgan fingerprint density at radius 1 is 1.06 bits per heavy atom. The molecule has 0 heterocycles. The summed E-state index contributed by atoms with van der Waals surface area (Å²) in [4.78, 5) is 23.9. The lowest BCUT2D eigenvalue weighted by Gasteiger charge is -2.20. The van der Waals surface area contributed by atoms with E-state index in [0.717, 1.165) is 0 Å². The minimum absolute atomic E-state index is 0.0404. The number of nitrogens with one attached hydrogen (secondary N) is 2. The van der Waals surface area contributed by atoms with Gasteiger partial charge in [0.25, 0.3) is 0 Å². The number of benzene rings is 2. The third kappa shape index (κ3) is 7.01. The fraction of sp³-hybridized carbons (Fsp3) is 0.364. The fourth-order valence-corrected chi connectivity index (χ4v) is 3.30. The molecule has 2 aromatic rings. The van der Waals surface area contributed by atoms with E-state index in [4.69, 9.17) is 25.8 Å². The average molecular weight is 467 g/mol. The van der Waals surface area contributed by atoms with Crippen molar-refractivity contribution in [1.82, 2.24) is 10.6 Å². The van der Waals surface area contributed by atoms with Crippen LogP contribution in [-0.4, -0.2) is 50.0 Å². The Bertz CT molecular complexity index is 913. The van der Waals surface area contributed by atoms with Crippen LogP contribution >= 0.6 is 11.6 Å². The predicted octanol–water partition coefficient (Wildman–Crippen LogP) is 2.35. The van der Waals surface area contributed by atoms with Crippen molar-refractivity contribution in [3.63, 3.8) is 0 Å². The van der Waals surface area contributed by atoms with Gasteiger partial charge in [-0.1, -0.05) is 23.7 Å². The molecule has 1 amide bonds. The summed E-state index contributed by atoms with van der Waals surface area (Å²) in [7, 11) is 4.55. The van der Waals surface area contributed by atoms with Gasteiger partial charge in [0, 0.05) is 35.8 Å². The van der Waals surface area contributed by atoms with Gasteiger partial charge in [0.2, 0.25) is 5.91 Å². The number of hydrogen-bond donors (Lipinski definition) is 4. The van der Waals surface area contributed by atoms with Crippen LogP contribution in [0.15, 0.2) is 36.4 Å². The van der Waals surface area contributed by atoms with E-state index < -0.39 is 30.4 Å². The van der Waals surface area contributed by atoms with Crippen molar-refractivity contribution in [2.24, 2.45) is 5.92 Å². The largest absolute Gasteiger partial charge is 0.496 e. The van der Waals surface area contributed by atoms with Gasteiger partial charge in [-0.3, -0.25) is 9.59 Å². The van der Waals surface area contributed by atoms with Crippen molar-refractivity contribution < 1.29 is 34.0 Å². The van der Waals surface area contributed by atoms with Gasteiger partial charge in [-0.15, -0.1) is 0 Å². The molecule has 1 unspecified atom stereocenters. The Hall–Kier alpha value is -3.01. The molecule has 0 bridgehead atoms. The molecule has 2 atom stereocenters. The normalized spacial score (nSPS) is 12.5. The Kier molecular flexibility index (Phi) is 9.58. The molecule has 0 saturated heterocycles. The maximum Gasteiger partial charge on any atom is 0.304 e. The second kappa shape index (κ2) is 12.1. The Morgan fingerprint density at radius 3 is 2.25 bits per heavy atom. The maximum atomic E-state index is 12.6. The van der Waals surface area contributed by atoms with Gasteiger partial charge in [-0.05, 0) is 12.1 Å². The number of amides is 1. The molecule has 0 radical (unpaired) electrons. The number of aliphatic hydroxyl groups is 1. The number of carboxylic acids is 1. The number of carboxylic acid groups (broad SMARTS) is 1. The zero-order valence-electron chi connectivity index (χ0n) is 18.1. The zero-order chi connectivity index (χ0) is 23.7.